The molecule has 0 unspecified atom stereocenters. The second kappa shape index (κ2) is 8.43. The van der Waals surface area contributed by atoms with E-state index in [1.165, 1.54) is 22.6 Å². The lowest BCUT2D eigenvalue weighted by atomic mass is 10.2. The zero-order chi connectivity index (χ0) is 17.6. The van der Waals surface area contributed by atoms with Gasteiger partial charge in [0.1, 0.15) is 11.4 Å². The van der Waals surface area contributed by atoms with E-state index in [-0.39, 0.29) is 17.3 Å². The van der Waals surface area contributed by atoms with Crippen molar-refractivity contribution in [3.8, 4) is 0 Å². The Morgan fingerprint density at radius 2 is 1.88 bits per heavy atom. The van der Waals surface area contributed by atoms with Crippen LogP contribution < -0.4 is 10.9 Å². The third-order valence-electron chi connectivity index (χ3n) is 4.05. The Morgan fingerprint density at radius 1 is 1.21 bits per heavy atom. The van der Waals surface area contributed by atoms with Gasteiger partial charge in [-0.2, -0.15) is 4.31 Å². The van der Waals surface area contributed by atoms with Gasteiger partial charge in [0, 0.05) is 25.8 Å². The summed E-state index contributed by atoms with van der Waals surface area (Å²) in [6, 6.07) is 2.82. The molecule has 24 heavy (non-hydrogen) atoms. The van der Waals surface area contributed by atoms with Crippen LogP contribution in [0.1, 0.15) is 39.0 Å². The van der Waals surface area contributed by atoms with Gasteiger partial charge in [0.15, 0.2) is 0 Å². The number of rotatable bonds is 6. The largest absolute Gasteiger partial charge is 0.355 e. The topological polar surface area (TPSA) is 88.5 Å². The molecule has 2 heterocycles. The van der Waals surface area contributed by atoms with E-state index in [0.717, 1.165) is 36.7 Å². The molecule has 1 aromatic rings. The van der Waals surface area contributed by atoms with E-state index in [4.69, 9.17) is 0 Å². The van der Waals surface area contributed by atoms with Gasteiger partial charge in [-0.15, -0.1) is 0 Å². The quantitative estimate of drug-likeness (QED) is 0.822. The van der Waals surface area contributed by atoms with Crippen LogP contribution in [0.25, 0.3) is 0 Å². The van der Waals surface area contributed by atoms with Crippen LogP contribution in [0, 0.1) is 0 Å². The van der Waals surface area contributed by atoms with Gasteiger partial charge in [-0.3, -0.25) is 9.59 Å². The van der Waals surface area contributed by atoms with Gasteiger partial charge in [-0.05, 0) is 31.4 Å². The fraction of sp³-hybridized carbons (Fsp3) is 0.625. The van der Waals surface area contributed by atoms with Crippen LogP contribution in [0.2, 0.25) is 0 Å². The summed E-state index contributed by atoms with van der Waals surface area (Å²) in [6.07, 6.45) is 5.85. The van der Waals surface area contributed by atoms with E-state index >= 15 is 0 Å². The highest BCUT2D eigenvalue weighted by Gasteiger charge is 2.28. The Kier molecular flexibility index (Phi) is 6.56. The van der Waals surface area contributed by atoms with Crippen molar-refractivity contribution in [1.29, 1.82) is 0 Å². The van der Waals surface area contributed by atoms with E-state index in [2.05, 4.69) is 5.32 Å². The van der Waals surface area contributed by atoms with E-state index < -0.39 is 15.6 Å². The molecule has 7 nitrogen and oxygen atoms in total. The minimum atomic E-state index is -3.82. The monoisotopic (exact) mass is 355 g/mol. The van der Waals surface area contributed by atoms with Gasteiger partial charge in [0.2, 0.25) is 15.9 Å². The number of aromatic nitrogens is 1. The van der Waals surface area contributed by atoms with Gasteiger partial charge < -0.3 is 9.88 Å². The Bertz CT molecular complexity index is 719. The first-order valence-corrected chi connectivity index (χ1v) is 9.87. The van der Waals surface area contributed by atoms with Crippen molar-refractivity contribution in [3.05, 3.63) is 28.7 Å². The Balaban J connectivity index is 2.25. The molecular weight excluding hydrogens is 330 g/mol. The second-order valence-electron chi connectivity index (χ2n) is 5.97. The molecule has 1 amide bonds. The number of sulfonamides is 1. The fourth-order valence-electron chi connectivity index (χ4n) is 2.73. The second-order valence-corrected chi connectivity index (χ2v) is 7.88. The molecule has 1 aromatic heterocycles. The minimum absolute atomic E-state index is 0.178. The van der Waals surface area contributed by atoms with Crippen molar-refractivity contribution in [1.82, 2.24) is 14.2 Å². The van der Waals surface area contributed by atoms with Crippen molar-refractivity contribution in [2.75, 3.05) is 19.6 Å². The molecule has 0 atom stereocenters. The number of nitrogens with one attached hydrogen (secondary N) is 1. The molecule has 1 N–H and O–H groups in total. The molecule has 0 aliphatic carbocycles. The number of amides is 1. The molecule has 0 radical (unpaired) electrons. The molecule has 0 bridgehead atoms. The van der Waals surface area contributed by atoms with E-state index in [1.807, 2.05) is 6.92 Å². The molecular formula is C16H25N3O4S. The predicted octanol–water partition coefficient (Wildman–Crippen LogP) is 0.939. The highest BCUT2D eigenvalue weighted by atomic mass is 32.2. The maximum Gasteiger partial charge on any atom is 0.271 e. The normalized spacial score (nSPS) is 16.5. The lowest BCUT2D eigenvalue weighted by Gasteiger charge is -2.20. The van der Waals surface area contributed by atoms with Crippen molar-refractivity contribution in [2.24, 2.45) is 0 Å². The first kappa shape index (κ1) is 18.7. The summed E-state index contributed by atoms with van der Waals surface area (Å²) >= 11 is 0. The van der Waals surface area contributed by atoms with Gasteiger partial charge in [-0.1, -0.05) is 19.8 Å². The number of carbonyl (C=O) groups excluding carboxylic acids is 1. The van der Waals surface area contributed by atoms with Crippen LogP contribution >= 0.6 is 0 Å². The lowest BCUT2D eigenvalue weighted by molar-refractivity contribution is -0.121. The van der Waals surface area contributed by atoms with Gasteiger partial charge in [0.05, 0.1) is 0 Å². The molecule has 0 spiro atoms. The average Bonchev–Trinajstić information content (AvgIpc) is 2.84. The fourth-order valence-corrected chi connectivity index (χ4v) is 4.34. The molecule has 1 aliphatic rings. The third-order valence-corrected chi connectivity index (χ3v) is 5.97. The number of nitrogens with zero attached hydrogens (tertiary/aromatic N) is 2. The summed E-state index contributed by atoms with van der Waals surface area (Å²) in [4.78, 5) is 24.1. The first-order valence-electron chi connectivity index (χ1n) is 8.43. The maximum atomic E-state index is 12.8. The molecule has 134 valence electrons. The molecule has 1 saturated heterocycles. The van der Waals surface area contributed by atoms with Gasteiger partial charge in [0.25, 0.3) is 5.56 Å². The lowest BCUT2D eigenvalue weighted by Crippen LogP contribution is -2.38. The molecule has 0 aromatic carbocycles. The summed E-state index contributed by atoms with van der Waals surface area (Å²) in [6.45, 7) is 3.16. The molecule has 2 rings (SSSR count). The smallest absolute Gasteiger partial charge is 0.271 e. The number of hydrogen-bond acceptors (Lipinski definition) is 4. The van der Waals surface area contributed by atoms with Crippen molar-refractivity contribution in [3.63, 3.8) is 0 Å². The van der Waals surface area contributed by atoms with Crippen LogP contribution in [0.15, 0.2) is 28.0 Å². The van der Waals surface area contributed by atoms with Crippen LogP contribution in [-0.2, 0) is 21.4 Å². The average molecular weight is 355 g/mol. The molecule has 1 fully saturated rings. The summed E-state index contributed by atoms with van der Waals surface area (Å²) in [5.41, 5.74) is -0.645. The summed E-state index contributed by atoms with van der Waals surface area (Å²) < 4.78 is 28.1. The van der Waals surface area contributed by atoms with E-state index in [9.17, 15) is 18.0 Å². The highest BCUT2D eigenvalue weighted by molar-refractivity contribution is 7.89. The van der Waals surface area contributed by atoms with Crippen LogP contribution in [0.3, 0.4) is 0 Å². The highest BCUT2D eigenvalue weighted by Crippen LogP contribution is 2.17. The molecule has 0 saturated carbocycles. The standard InChI is InChI=1S/C16H25N3O4S/c1-2-9-17-15(20)13-18-10-7-8-14(16(18)21)24(22,23)19-11-5-3-4-6-12-19/h7-8,10H,2-6,9,11-13H2,1H3,(H,17,20). The Morgan fingerprint density at radius 3 is 2.50 bits per heavy atom. The number of carbonyl (C=O) groups is 1. The Labute approximate surface area is 142 Å². The molecule has 8 heteroatoms. The third kappa shape index (κ3) is 4.45. The van der Waals surface area contributed by atoms with Gasteiger partial charge >= 0.3 is 0 Å². The summed E-state index contributed by atoms with van der Waals surface area (Å²) in [5, 5.41) is 2.68. The SMILES string of the molecule is CCCNC(=O)Cn1cccc(S(=O)(=O)N2CCCCCC2)c1=O. The molecule has 1 aliphatic heterocycles. The van der Waals surface area contributed by atoms with E-state index in [0.29, 0.717) is 19.6 Å². The van der Waals surface area contributed by atoms with Crippen LogP contribution in [0.4, 0.5) is 0 Å². The van der Waals surface area contributed by atoms with Crippen molar-refractivity contribution < 1.29 is 13.2 Å². The van der Waals surface area contributed by atoms with Crippen LogP contribution in [-0.4, -0.2) is 42.8 Å². The van der Waals surface area contributed by atoms with Crippen molar-refractivity contribution in [2.45, 2.75) is 50.5 Å². The zero-order valence-corrected chi connectivity index (χ0v) is 14.8. The first-order chi connectivity index (χ1) is 11.5. The van der Waals surface area contributed by atoms with Gasteiger partial charge in [-0.25, -0.2) is 8.42 Å². The predicted molar refractivity (Wildman–Crippen MR) is 91.2 cm³/mol. The maximum absolute atomic E-state index is 12.8. The number of pyridine rings is 1. The van der Waals surface area contributed by atoms with E-state index in [1.54, 1.807) is 0 Å². The van der Waals surface area contributed by atoms with Crippen LogP contribution in [0.5, 0.6) is 0 Å². The zero-order valence-electron chi connectivity index (χ0n) is 14.0. The van der Waals surface area contributed by atoms with Crippen molar-refractivity contribution >= 4 is 15.9 Å². The minimum Gasteiger partial charge on any atom is -0.355 e. The number of hydrogen-bond donors (Lipinski definition) is 1. The summed E-state index contributed by atoms with van der Waals surface area (Å²) in [7, 11) is -3.82. The summed E-state index contributed by atoms with van der Waals surface area (Å²) in [5.74, 6) is -0.303. The Hall–Kier alpha value is -1.67.